The Balaban J connectivity index is 2.16. The fourth-order valence-corrected chi connectivity index (χ4v) is 3.01. The monoisotopic (exact) mass is 349 g/mol. The number of fused-ring (bicyclic) bond motifs is 1. The highest BCUT2D eigenvalue weighted by atomic mass is 79.9. The summed E-state index contributed by atoms with van der Waals surface area (Å²) in [5.41, 5.74) is 9.79. The molecule has 0 saturated carbocycles. The predicted molar refractivity (Wildman–Crippen MR) is 83.8 cm³/mol. The topological polar surface area (TPSA) is 74.7 Å². The standard InChI is InChI=1S/C15H13BrFN3O/c1-7-2-3-8(17)4-9(7)14(18)10-5-12-13(6-11(10)16)20-15(21)19-12/h2-6,14H,18H2,1H3,(H2,19,20,21). The fraction of sp³-hybridized carbons (Fsp3) is 0.133. The highest BCUT2D eigenvalue weighted by Gasteiger charge is 2.16. The third-order valence-electron chi connectivity index (χ3n) is 3.54. The molecule has 1 atom stereocenters. The van der Waals surface area contributed by atoms with Gasteiger partial charge in [-0.15, -0.1) is 0 Å². The number of aryl methyl sites for hydroxylation is 1. The molecule has 21 heavy (non-hydrogen) atoms. The lowest BCUT2D eigenvalue weighted by molar-refractivity contribution is 0.622. The van der Waals surface area contributed by atoms with Crippen molar-refractivity contribution in [2.45, 2.75) is 13.0 Å². The number of aromatic nitrogens is 2. The van der Waals surface area contributed by atoms with Crippen LogP contribution in [0, 0.1) is 12.7 Å². The Morgan fingerprint density at radius 1 is 1.14 bits per heavy atom. The van der Waals surface area contributed by atoms with Gasteiger partial charge in [-0.05, 0) is 47.9 Å². The zero-order valence-corrected chi connectivity index (χ0v) is 12.8. The average Bonchev–Trinajstić information content (AvgIpc) is 2.79. The van der Waals surface area contributed by atoms with Crippen LogP contribution < -0.4 is 11.4 Å². The van der Waals surface area contributed by atoms with E-state index in [2.05, 4.69) is 25.9 Å². The van der Waals surface area contributed by atoms with Crippen LogP contribution in [0.5, 0.6) is 0 Å². The van der Waals surface area contributed by atoms with Gasteiger partial charge in [0.15, 0.2) is 0 Å². The third-order valence-corrected chi connectivity index (χ3v) is 4.23. The molecule has 1 unspecified atom stereocenters. The Hall–Kier alpha value is -1.92. The summed E-state index contributed by atoms with van der Waals surface area (Å²) in [6, 6.07) is 7.65. The summed E-state index contributed by atoms with van der Waals surface area (Å²) in [5, 5.41) is 0. The van der Waals surface area contributed by atoms with E-state index in [1.807, 2.05) is 6.92 Å². The molecule has 0 radical (unpaired) electrons. The molecule has 2 aromatic carbocycles. The first kappa shape index (κ1) is 14.0. The second kappa shape index (κ2) is 5.13. The molecule has 108 valence electrons. The van der Waals surface area contributed by atoms with E-state index in [1.165, 1.54) is 12.1 Å². The number of aromatic amines is 2. The molecule has 3 aromatic rings. The van der Waals surface area contributed by atoms with E-state index in [1.54, 1.807) is 18.2 Å². The molecule has 1 aromatic heterocycles. The van der Waals surface area contributed by atoms with E-state index in [9.17, 15) is 9.18 Å². The van der Waals surface area contributed by atoms with E-state index in [4.69, 9.17) is 5.73 Å². The number of halogens is 2. The van der Waals surface area contributed by atoms with Crippen LogP contribution in [0.25, 0.3) is 11.0 Å². The Kier molecular flexibility index (Phi) is 3.43. The minimum absolute atomic E-state index is 0.274. The second-order valence-electron chi connectivity index (χ2n) is 4.98. The Labute approximate surface area is 128 Å². The molecule has 0 bridgehead atoms. The first-order valence-corrected chi connectivity index (χ1v) is 7.18. The van der Waals surface area contributed by atoms with Crippen molar-refractivity contribution in [1.29, 1.82) is 0 Å². The number of hydrogen-bond acceptors (Lipinski definition) is 2. The molecule has 4 N–H and O–H groups in total. The van der Waals surface area contributed by atoms with Gasteiger partial charge in [-0.3, -0.25) is 0 Å². The summed E-state index contributed by atoms with van der Waals surface area (Å²) in [5.74, 6) is -0.321. The van der Waals surface area contributed by atoms with Gasteiger partial charge in [-0.25, -0.2) is 9.18 Å². The van der Waals surface area contributed by atoms with Crippen LogP contribution in [0.1, 0.15) is 22.7 Å². The van der Waals surface area contributed by atoms with Gasteiger partial charge < -0.3 is 15.7 Å². The Morgan fingerprint density at radius 2 is 1.81 bits per heavy atom. The maximum Gasteiger partial charge on any atom is 0.323 e. The molecule has 0 amide bonds. The molecule has 4 nitrogen and oxygen atoms in total. The predicted octanol–water partition coefficient (Wildman–Crippen LogP) is 3.11. The molecular weight excluding hydrogens is 337 g/mol. The van der Waals surface area contributed by atoms with E-state index in [0.717, 1.165) is 15.6 Å². The van der Waals surface area contributed by atoms with Crippen LogP contribution in [0.4, 0.5) is 4.39 Å². The summed E-state index contributed by atoms with van der Waals surface area (Å²) in [7, 11) is 0. The first-order valence-electron chi connectivity index (χ1n) is 6.39. The van der Waals surface area contributed by atoms with Crippen molar-refractivity contribution in [3.05, 3.63) is 67.8 Å². The summed E-state index contributed by atoms with van der Waals surface area (Å²) >= 11 is 3.46. The van der Waals surface area contributed by atoms with E-state index < -0.39 is 6.04 Å². The number of rotatable bonds is 2. The Morgan fingerprint density at radius 3 is 2.52 bits per heavy atom. The van der Waals surface area contributed by atoms with E-state index in [-0.39, 0.29) is 11.5 Å². The average molecular weight is 350 g/mol. The summed E-state index contributed by atoms with van der Waals surface area (Å²) in [6.45, 7) is 1.89. The molecule has 0 aliphatic heterocycles. The van der Waals surface area contributed by atoms with Crippen LogP contribution in [-0.4, -0.2) is 9.97 Å². The van der Waals surface area contributed by atoms with Crippen LogP contribution in [0.3, 0.4) is 0 Å². The molecule has 0 spiro atoms. The van der Waals surface area contributed by atoms with Gasteiger partial charge in [-0.2, -0.15) is 0 Å². The molecule has 0 aliphatic carbocycles. The van der Waals surface area contributed by atoms with Crippen molar-refractivity contribution >= 4 is 27.0 Å². The van der Waals surface area contributed by atoms with Crippen molar-refractivity contribution < 1.29 is 4.39 Å². The van der Waals surface area contributed by atoms with Crippen LogP contribution >= 0.6 is 15.9 Å². The summed E-state index contributed by atoms with van der Waals surface area (Å²) < 4.78 is 14.2. The zero-order chi connectivity index (χ0) is 15.1. The maximum atomic E-state index is 13.5. The largest absolute Gasteiger partial charge is 0.323 e. The SMILES string of the molecule is Cc1ccc(F)cc1C(N)c1cc2[nH]c(=O)[nH]c2cc1Br. The van der Waals surface area contributed by atoms with Gasteiger partial charge in [0, 0.05) is 4.47 Å². The molecule has 1 heterocycles. The maximum absolute atomic E-state index is 13.5. The zero-order valence-electron chi connectivity index (χ0n) is 11.2. The highest BCUT2D eigenvalue weighted by molar-refractivity contribution is 9.10. The van der Waals surface area contributed by atoms with E-state index in [0.29, 0.717) is 16.6 Å². The number of hydrogen-bond donors (Lipinski definition) is 3. The quantitative estimate of drug-likeness (QED) is 0.664. The van der Waals surface area contributed by atoms with E-state index >= 15 is 0 Å². The fourth-order valence-electron chi connectivity index (χ4n) is 2.42. The lowest BCUT2D eigenvalue weighted by Gasteiger charge is -2.17. The normalized spacial score (nSPS) is 12.8. The van der Waals surface area contributed by atoms with Gasteiger partial charge in [0.2, 0.25) is 0 Å². The minimum atomic E-state index is -0.488. The second-order valence-corrected chi connectivity index (χ2v) is 5.83. The number of nitrogens with one attached hydrogen (secondary N) is 2. The molecule has 0 saturated heterocycles. The lowest BCUT2D eigenvalue weighted by Crippen LogP contribution is -2.14. The molecule has 0 aliphatic rings. The van der Waals surface area contributed by atoms with Crippen molar-refractivity contribution in [2.75, 3.05) is 0 Å². The Bertz CT molecular complexity index is 884. The first-order chi connectivity index (χ1) is 9.95. The molecular formula is C15H13BrFN3O. The van der Waals surface area contributed by atoms with Gasteiger partial charge in [0.05, 0.1) is 17.1 Å². The number of benzene rings is 2. The molecule has 0 fully saturated rings. The highest BCUT2D eigenvalue weighted by Crippen LogP contribution is 2.31. The van der Waals surface area contributed by atoms with Crippen molar-refractivity contribution in [1.82, 2.24) is 9.97 Å². The van der Waals surface area contributed by atoms with Gasteiger partial charge in [0.25, 0.3) is 0 Å². The summed E-state index contributed by atoms with van der Waals surface area (Å²) in [6.07, 6.45) is 0. The number of H-pyrrole nitrogens is 2. The van der Waals surface area contributed by atoms with Crippen LogP contribution in [-0.2, 0) is 0 Å². The van der Waals surface area contributed by atoms with Gasteiger partial charge in [-0.1, -0.05) is 22.0 Å². The number of nitrogens with two attached hydrogens (primary N) is 1. The van der Waals surface area contributed by atoms with Crippen molar-refractivity contribution in [3.63, 3.8) is 0 Å². The molecule has 3 rings (SSSR count). The van der Waals surface area contributed by atoms with Crippen molar-refractivity contribution in [2.24, 2.45) is 5.73 Å². The van der Waals surface area contributed by atoms with Crippen LogP contribution in [0.15, 0.2) is 39.6 Å². The molecule has 6 heteroatoms. The van der Waals surface area contributed by atoms with Crippen molar-refractivity contribution in [3.8, 4) is 0 Å². The summed E-state index contributed by atoms with van der Waals surface area (Å²) in [4.78, 5) is 16.7. The van der Waals surface area contributed by atoms with Crippen LogP contribution in [0.2, 0.25) is 0 Å². The van der Waals surface area contributed by atoms with Gasteiger partial charge in [0.1, 0.15) is 5.82 Å². The smallest absolute Gasteiger partial charge is 0.320 e. The minimum Gasteiger partial charge on any atom is -0.320 e. The lowest BCUT2D eigenvalue weighted by atomic mass is 9.95. The third kappa shape index (κ3) is 2.52. The van der Waals surface area contributed by atoms with Gasteiger partial charge >= 0.3 is 5.69 Å². The number of imidazole rings is 1.